The Kier molecular flexibility index (Phi) is 3.20. The number of halogens is 3. The third kappa shape index (κ3) is 2.45. The molecular weight excluding hydrogens is 297 g/mol. The van der Waals surface area contributed by atoms with E-state index in [1.807, 2.05) is 0 Å². The standard InChI is InChI=1S/C15H11F3N2O2/c1-22-13-5-2-8(6-12(13)21)14-19-10-4-3-9(15(16,17)18)7-11(10)20-14/h2-7,21H,1H3,(H,19,20). The summed E-state index contributed by atoms with van der Waals surface area (Å²) in [6.07, 6.45) is -4.40. The van der Waals surface area contributed by atoms with Gasteiger partial charge in [0.2, 0.25) is 0 Å². The number of H-pyrrole nitrogens is 1. The van der Waals surface area contributed by atoms with Gasteiger partial charge in [0.05, 0.1) is 23.7 Å². The molecule has 22 heavy (non-hydrogen) atoms. The van der Waals surface area contributed by atoms with Crippen molar-refractivity contribution in [1.29, 1.82) is 0 Å². The van der Waals surface area contributed by atoms with Gasteiger partial charge in [-0.3, -0.25) is 0 Å². The van der Waals surface area contributed by atoms with Crippen molar-refractivity contribution in [1.82, 2.24) is 9.97 Å². The van der Waals surface area contributed by atoms with Crippen molar-refractivity contribution in [3.8, 4) is 22.9 Å². The van der Waals surface area contributed by atoms with Gasteiger partial charge in [0, 0.05) is 5.56 Å². The summed E-state index contributed by atoms with van der Waals surface area (Å²) in [6, 6.07) is 7.94. The van der Waals surface area contributed by atoms with Gasteiger partial charge in [0.1, 0.15) is 5.82 Å². The van der Waals surface area contributed by atoms with Gasteiger partial charge in [0.15, 0.2) is 11.5 Å². The lowest BCUT2D eigenvalue weighted by atomic mass is 10.2. The van der Waals surface area contributed by atoms with E-state index in [-0.39, 0.29) is 11.3 Å². The van der Waals surface area contributed by atoms with Crippen molar-refractivity contribution < 1.29 is 23.0 Å². The van der Waals surface area contributed by atoms with Crippen molar-refractivity contribution in [2.24, 2.45) is 0 Å². The largest absolute Gasteiger partial charge is 0.504 e. The lowest BCUT2D eigenvalue weighted by Crippen LogP contribution is -2.04. The van der Waals surface area contributed by atoms with Crippen molar-refractivity contribution in [3.05, 3.63) is 42.0 Å². The quantitative estimate of drug-likeness (QED) is 0.753. The minimum Gasteiger partial charge on any atom is -0.504 e. The molecule has 114 valence electrons. The molecule has 0 aliphatic heterocycles. The zero-order chi connectivity index (χ0) is 15.9. The smallest absolute Gasteiger partial charge is 0.416 e. The summed E-state index contributed by atoms with van der Waals surface area (Å²) in [6.45, 7) is 0. The molecule has 0 atom stereocenters. The van der Waals surface area contributed by atoms with Crippen molar-refractivity contribution >= 4 is 11.0 Å². The fraction of sp³-hybridized carbons (Fsp3) is 0.133. The minimum atomic E-state index is -4.40. The summed E-state index contributed by atoms with van der Waals surface area (Å²) in [5.74, 6) is 0.600. The van der Waals surface area contributed by atoms with Crippen LogP contribution in [0.3, 0.4) is 0 Å². The van der Waals surface area contributed by atoms with E-state index in [4.69, 9.17) is 4.74 Å². The van der Waals surface area contributed by atoms with Crippen LogP contribution >= 0.6 is 0 Å². The average molecular weight is 308 g/mol. The Morgan fingerprint density at radius 1 is 1.14 bits per heavy atom. The molecule has 0 amide bonds. The van der Waals surface area contributed by atoms with Crippen LogP contribution in [-0.2, 0) is 6.18 Å². The first-order valence-corrected chi connectivity index (χ1v) is 6.33. The summed E-state index contributed by atoms with van der Waals surface area (Å²) in [5.41, 5.74) is 0.495. The lowest BCUT2D eigenvalue weighted by Gasteiger charge is -2.05. The zero-order valence-electron chi connectivity index (χ0n) is 11.4. The number of alkyl halides is 3. The molecule has 4 nitrogen and oxygen atoms in total. The molecule has 0 aliphatic rings. The first-order valence-electron chi connectivity index (χ1n) is 6.33. The summed E-state index contributed by atoms with van der Waals surface area (Å²) >= 11 is 0. The van der Waals surface area contributed by atoms with Crippen LogP contribution in [0.2, 0.25) is 0 Å². The van der Waals surface area contributed by atoms with Gasteiger partial charge in [-0.2, -0.15) is 13.2 Å². The Morgan fingerprint density at radius 3 is 2.55 bits per heavy atom. The number of hydrogen-bond acceptors (Lipinski definition) is 3. The number of fused-ring (bicyclic) bond motifs is 1. The van der Waals surface area contributed by atoms with Crippen LogP contribution in [0.5, 0.6) is 11.5 Å². The third-order valence-electron chi connectivity index (χ3n) is 3.26. The molecule has 2 N–H and O–H groups in total. The fourth-order valence-electron chi connectivity index (χ4n) is 2.16. The maximum Gasteiger partial charge on any atom is 0.416 e. The number of rotatable bonds is 2. The van der Waals surface area contributed by atoms with Crippen LogP contribution in [0, 0.1) is 0 Å². The number of hydrogen-bond donors (Lipinski definition) is 2. The highest BCUT2D eigenvalue weighted by Crippen LogP contribution is 2.33. The fourth-order valence-corrected chi connectivity index (χ4v) is 2.16. The number of phenols is 1. The number of phenolic OH excluding ortho intramolecular Hbond substituents is 1. The molecule has 0 bridgehead atoms. The van der Waals surface area contributed by atoms with E-state index in [2.05, 4.69) is 9.97 Å². The maximum atomic E-state index is 12.7. The predicted molar refractivity (Wildman–Crippen MR) is 74.7 cm³/mol. The Morgan fingerprint density at radius 2 is 1.91 bits per heavy atom. The van der Waals surface area contributed by atoms with Crippen LogP contribution in [0.15, 0.2) is 36.4 Å². The van der Waals surface area contributed by atoms with E-state index in [0.29, 0.717) is 22.7 Å². The van der Waals surface area contributed by atoms with Gasteiger partial charge in [-0.05, 0) is 36.4 Å². The molecule has 1 aromatic heterocycles. The molecule has 1 heterocycles. The first-order chi connectivity index (χ1) is 10.4. The summed E-state index contributed by atoms with van der Waals surface area (Å²) in [5, 5.41) is 9.76. The summed E-state index contributed by atoms with van der Waals surface area (Å²) < 4.78 is 43.0. The topological polar surface area (TPSA) is 58.1 Å². The lowest BCUT2D eigenvalue weighted by molar-refractivity contribution is -0.137. The van der Waals surface area contributed by atoms with Crippen LogP contribution in [-0.4, -0.2) is 22.2 Å². The van der Waals surface area contributed by atoms with Gasteiger partial charge >= 0.3 is 6.18 Å². The highest BCUT2D eigenvalue weighted by Gasteiger charge is 2.30. The molecule has 0 aliphatic carbocycles. The van der Waals surface area contributed by atoms with E-state index in [9.17, 15) is 18.3 Å². The monoisotopic (exact) mass is 308 g/mol. The second kappa shape index (κ2) is 4.94. The number of nitrogens with zero attached hydrogens (tertiary/aromatic N) is 1. The molecule has 0 spiro atoms. The highest BCUT2D eigenvalue weighted by atomic mass is 19.4. The molecule has 0 radical (unpaired) electrons. The van der Waals surface area contributed by atoms with Crippen LogP contribution in [0.25, 0.3) is 22.4 Å². The zero-order valence-corrected chi connectivity index (χ0v) is 11.4. The molecule has 0 saturated heterocycles. The Labute approximate surface area is 123 Å². The molecule has 0 unspecified atom stereocenters. The number of aromatic amines is 1. The first kappa shape index (κ1) is 14.2. The van der Waals surface area contributed by atoms with Gasteiger partial charge in [-0.1, -0.05) is 0 Å². The van der Waals surface area contributed by atoms with Crippen molar-refractivity contribution in [2.75, 3.05) is 7.11 Å². The average Bonchev–Trinajstić information content (AvgIpc) is 2.89. The van der Waals surface area contributed by atoms with Crippen LogP contribution in [0.1, 0.15) is 5.56 Å². The minimum absolute atomic E-state index is 0.0727. The maximum absolute atomic E-state index is 12.7. The molecule has 0 saturated carbocycles. The molecule has 2 aromatic carbocycles. The number of aromatic nitrogens is 2. The number of nitrogens with one attached hydrogen (secondary N) is 1. The molecule has 3 rings (SSSR count). The third-order valence-corrected chi connectivity index (χ3v) is 3.26. The van der Waals surface area contributed by atoms with E-state index in [0.717, 1.165) is 12.1 Å². The van der Waals surface area contributed by atoms with Gasteiger partial charge in [-0.25, -0.2) is 4.98 Å². The van der Waals surface area contributed by atoms with Crippen LogP contribution in [0.4, 0.5) is 13.2 Å². The van der Waals surface area contributed by atoms with Crippen molar-refractivity contribution in [3.63, 3.8) is 0 Å². The van der Waals surface area contributed by atoms with Gasteiger partial charge < -0.3 is 14.8 Å². The van der Waals surface area contributed by atoms with Crippen LogP contribution < -0.4 is 4.74 Å². The number of methoxy groups -OCH3 is 1. The Hall–Kier alpha value is -2.70. The van der Waals surface area contributed by atoms with E-state index < -0.39 is 11.7 Å². The number of imidazole rings is 1. The predicted octanol–water partition coefficient (Wildman–Crippen LogP) is 3.96. The summed E-state index contributed by atoms with van der Waals surface area (Å²) in [4.78, 5) is 7.05. The Balaban J connectivity index is 2.07. The number of aromatic hydroxyl groups is 1. The molecule has 0 fully saturated rings. The number of ether oxygens (including phenoxy) is 1. The molecule has 3 aromatic rings. The summed E-state index contributed by atoms with van der Waals surface area (Å²) in [7, 11) is 1.43. The van der Waals surface area contributed by atoms with E-state index >= 15 is 0 Å². The van der Waals surface area contributed by atoms with E-state index in [1.54, 1.807) is 12.1 Å². The molecule has 7 heteroatoms. The second-order valence-corrected chi connectivity index (χ2v) is 4.70. The van der Waals surface area contributed by atoms with E-state index in [1.165, 1.54) is 19.2 Å². The second-order valence-electron chi connectivity index (χ2n) is 4.70. The Bertz CT molecular complexity index is 840. The number of benzene rings is 2. The highest BCUT2D eigenvalue weighted by molar-refractivity contribution is 5.80. The van der Waals surface area contributed by atoms with Gasteiger partial charge in [-0.15, -0.1) is 0 Å². The normalized spacial score (nSPS) is 11.8. The molecular formula is C15H11F3N2O2. The van der Waals surface area contributed by atoms with Gasteiger partial charge in [0.25, 0.3) is 0 Å². The SMILES string of the molecule is COc1ccc(-c2nc3ccc(C(F)(F)F)cc3[nH]2)cc1O. The van der Waals surface area contributed by atoms with Crippen molar-refractivity contribution in [2.45, 2.75) is 6.18 Å².